The summed E-state index contributed by atoms with van der Waals surface area (Å²) >= 11 is 0. The van der Waals surface area contributed by atoms with Crippen LogP contribution in [-0.2, 0) is 0 Å². The van der Waals surface area contributed by atoms with Gasteiger partial charge in [0.25, 0.3) is 0 Å². The highest BCUT2D eigenvalue weighted by atomic mass is 15.1. The zero-order chi connectivity index (χ0) is 15.3. The van der Waals surface area contributed by atoms with Gasteiger partial charge in [-0.1, -0.05) is 39.5 Å². The van der Waals surface area contributed by atoms with E-state index in [1.54, 1.807) is 0 Å². The third-order valence-electron chi connectivity index (χ3n) is 5.80. The average molecular weight is 295 g/mol. The van der Waals surface area contributed by atoms with Gasteiger partial charge in [-0.2, -0.15) is 0 Å². The van der Waals surface area contributed by atoms with Crippen molar-refractivity contribution in [3.05, 3.63) is 0 Å². The molecular weight excluding hydrogens is 256 g/mol. The molecule has 2 aliphatic rings. The monoisotopic (exact) mass is 294 g/mol. The Kier molecular flexibility index (Phi) is 6.55. The maximum atomic E-state index is 3.79. The van der Waals surface area contributed by atoms with E-state index in [1.807, 2.05) is 0 Å². The molecule has 0 heterocycles. The lowest BCUT2D eigenvalue weighted by Crippen LogP contribution is -2.46. The number of nitrogens with one attached hydrogen (secondary N) is 1. The Morgan fingerprint density at radius 2 is 1.67 bits per heavy atom. The summed E-state index contributed by atoms with van der Waals surface area (Å²) in [6, 6.07) is 0.787. The molecule has 0 amide bonds. The third kappa shape index (κ3) is 5.56. The van der Waals surface area contributed by atoms with Crippen molar-refractivity contribution in [2.45, 2.75) is 78.2 Å². The maximum absolute atomic E-state index is 3.79. The fourth-order valence-electron chi connectivity index (χ4n) is 4.11. The van der Waals surface area contributed by atoms with Gasteiger partial charge < -0.3 is 10.2 Å². The molecule has 0 aromatic carbocycles. The van der Waals surface area contributed by atoms with Crippen LogP contribution in [0, 0.1) is 17.3 Å². The first kappa shape index (κ1) is 17.3. The van der Waals surface area contributed by atoms with Crippen LogP contribution >= 0.6 is 0 Å². The molecule has 2 nitrogen and oxygen atoms in total. The molecule has 0 aromatic rings. The molecule has 2 heteroatoms. The van der Waals surface area contributed by atoms with E-state index in [2.05, 4.69) is 38.0 Å². The first-order chi connectivity index (χ1) is 10.0. The minimum absolute atomic E-state index is 0.531. The zero-order valence-corrected chi connectivity index (χ0v) is 15.0. The molecule has 2 saturated carbocycles. The van der Waals surface area contributed by atoms with E-state index >= 15 is 0 Å². The lowest BCUT2D eigenvalue weighted by Gasteiger charge is -2.39. The Morgan fingerprint density at radius 1 is 1.05 bits per heavy atom. The van der Waals surface area contributed by atoms with Gasteiger partial charge in [0.2, 0.25) is 0 Å². The smallest absolute Gasteiger partial charge is 0.00923 e. The van der Waals surface area contributed by atoms with Crippen LogP contribution in [0.5, 0.6) is 0 Å². The van der Waals surface area contributed by atoms with Gasteiger partial charge in [-0.3, -0.25) is 0 Å². The topological polar surface area (TPSA) is 15.3 Å². The minimum atomic E-state index is 0.531. The first-order valence-electron chi connectivity index (χ1n) is 9.43. The fraction of sp³-hybridized carbons (Fsp3) is 1.00. The van der Waals surface area contributed by atoms with Crippen molar-refractivity contribution < 1.29 is 0 Å². The maximum Gasteiger partial charge on any atom is 0.00923 e. The quantitative estimate of drug-likeness (QED) is 0.671. The lowest BCUT2D eigenvalue weighted by atomic mass is 9.79. The normalized spacial score (nSPS) is 24.3. The van der Waals surface area contributed by atoms with Crippen molar-refractivity contribution in [1.29, 1.82) is 0 Å². The van der Waals surface area contributed by atoms with Crippen LogP contribution in [0.1, 0.15) is 72.1 Å². The van der Waals surface area contributed by atoms with Gasteiger partial charge >= 0.3 is 0 Å². The first-order valence-corrected chi connectivity index (χ1v) is 9.43. The number of nitrogens with zero attached hydrogens (tertiary/aromatic N) is 1. The number of rotatable bonds is 8. The fourth-order valence-corrected chi connectivity index (χ4v) is 4.11. The predicted octanol–water partition coefficient (Wildman–Crippen LogP) is 4.30. The van der Waals surface area contributed by atoms with E-state index < -0.39 is 0 Å². The number of hydrogen-bond acceptors (Lipinski definition) is 2. The number of hydrogen-bond donors (Lipinski definition) is 1. The second-order valence-electron chi connectivity index (χ2n) is 8.43. The lowest BCUT2D eigenvalue weighted by molar-refractivity contribution is 0.111. The summed E-state index contributed by atoms with van der Waals surface area (Å²) in [7, 11) is 2.37. The Bertz CT molecular complexity index is 288. The second-order valence-corrected chi connectivity index (χ2v) is 8.43. The molecule has 21 heavy (non-hydrogen) atoms. The molecule has 0 aliphatic heterocycles. The predicted molar refractivity (Wildman–Crippen MR) is 92.7 cm³/mol. The molecule has 0 aromatic heterocycles. The van der Waals surface area contributed by atoms with Crippen molar-refractivity contribution in [1.82, 2.24) is 10.2 Å². The minimum Gasteiger partial charge on any atom is -0.316 e. The molecule has 0 spiro atoms. The summed E-state index contributed by atoms with van der Waals surface area (Å²) in [6.07, 6.45) is 11.6. The van der Waals surface area contributed by atoms with E-state index in [0.29, 0.717) is 5.41 Å². The summed E-state index contributed by atoms with van der Waals surface area (Å²) in [5.74, 6) is 1.75. The van der Waals surface area contributed by atoms with E-state index in [4.69, 9.17) is 0 Å². The highest BCUT2D eigenvalue weighted by Crippen LogP contribution is 2.39. The van der Waals surface area contributed by atoms with Gasteiger partial charge in [-0.15, -0.1) is 0 Å². The van der Waals surface area contributed by atoms with E-state index in [9.17, 15) is 0 Å². The van der Waals surface area contributed by atoms with Crippen molar-refractivity contribution in [3.63, 3.8) is 0 Å². The summed E-state index contributed by atoms with van der Waals surface area (Å²) in [4.78, 5) is 2.68. The van der Waals surface area contributed by atoms with Crippen molar-refractivity contribution in [2.75, 3.05) is 26.7 Å². The standard InChI is InChI=1S/C19H38N2/c1-16(2)13-20-14-19(11-7-5-6-8-12-19)15-21(4)17(3)18-9-10-18/h16-18,20H,5-15H2,1-4H3. The molecule has 124 valence electrons. The van der Waals surface area contributed by atoms with Gasteiger partial charge in [0, 0.05) is 19.1 Å². The molecule has 1 atom stereocenters. The molecule has 0 bridgehead atoms. The van der Waals surface area contributed by atoms with Crippen molar-refractivity contribution >= 4 is 0 Å². The van der Waals surface area contributed by atoms with Crippen LogP contribution in [0.15, 0.2) is 0 Å². The highest BCUT2D eigenvalue weighted by Gasteiger charge is 2.36. The molecule has 2 fully saturated rings. The van der Waals surface area contributed by atoms with Crippen LogP contribution in [0.3, 0.4) is 0 Å². The van der Waals surface area contributed by atoms with Crippen LogP contribution in [-0.4, -0.2) is 37.6 Å². The van der Waals surface area contributed by atoms with E-state index in [1.165, 1.54) is 71.0 Å². The molecule has 0 radical (unpaired) electrons. The Balaban J connectivity index is 1.92. The van der Waals surface area contributed by atoms with Gasteiger partial charge in [0.1, 0.15) is 0 Å². The second kappa shape index (κ2) is 7.97. The van der Waals surface area contributed by atoms with E-state index in [0.717, 1.165) is 17.9 Å². The molecule has 1 N–H and O–H groups in total. The van der Waals surface area contributed by atoms with Crippen molar-refractivity contribution in [2.24, 2.45) is 17.3 Å². The summed E-state index contributed by atoms with van der Waals surface area (Å²) in [5, 5.41) is 3.79. The molecular formula is C19H38N2. The average Bonchev–Trinajstić information content (AvgIpc) is 3.25. The SMILES string of the molecule is CC(C)CNCC1(CN(C)C(C)C2CC2)CCCCCC1. The summed E-state index contributed by atoms with van der Waals surface area (Å²) in [5.41, 5.74) is 0.531. The molecule has 0 saturated heterocycles. The molecule has 1 unspecified atom stereocenters. The van der Waals surface area contributed by atoms with Crippen LogP contribution in [0.2, 0.25) is 0 Å². The van der Waals surface area contributed by atoms with Crippen molar-refractivity contribution in [3.8, 4) is 0 Å². The molecule has 2 rings (SSSR count). The third-order valence-corrected chi connectivity index (χ3v) is 5.80. The van der Waals surface area contributed by atoms with Crippen LogP contribution < -0.4 is 5.32 Å². The van der Waals surface area contributed by atoms with E-state index in [-0.39, 0.29) is 0 Å². The molecule has 2 aliphatic carbocycles. The Labute approximate surface area is 133 Å². The largest absolute Gasteiger partial charge is 0.316 e. The Hall–Kier alpha value is -0.0800. The van der Waals surface area contributed by atoms with Crippen LogP contribution in [0.4, 0.5) is 0 Å². The van der Waals surface area contributed by atoms with Gasteiger partial charge in [0.15, 0.2) is 0 Å². The summed E-state index contributed by atoms with van der Waals surface area (Å²) in [6.45, 7) is 10.8. The summed E-state index contributed by atoms with van der Waals surface area (Å²) < 4.78 is 0. The van der Waals surface area contributed by atoms with Gasteiger partial charge in [-0.05, 0) is 63.5 Å². The Morgan fingerprint density at radius 3 is 2.19 bits per heavy atom. The van der Waals surface area contributed by atoms with Crippen LogP contribution in [0.25, 0.3) is 0 Å². The highest BCUT2D eigenvalue weighted by molar-refractivity contribution is 4.90. The van der Waals surface area contributed by atoms with Gasteiger partial charge in [-0.25, -0.2) is 0 Å². The zero-order valence-electron chi connectivity index (χ0n) is 15.0. The van der Waals surface area contributed by atoms with Gasteiger partial charge in [0.05, 0.1) is 0 Å².